The number of carboxylic acids is 1. The molecule has 1 heterocycles. The number of para-hydroxylation sites is 1. The summed E-state index contributed by atoms with van der Waals surface area (Å²) in [6.45, 7) is 1.35. The maximum absolute atomic E-state index is 11.7. The first-order valence-corrected chi connectivity index (χ1v) is 6.14. The summed E-state index contributed by atoms with van der Waals surface area (Å²) in [6.07, 6.45) is -0.0140. The van der Waals surface area contributed by atoms with Gasteiger partial charge in [-0.1, -0.05) is 24.3 Å². The zero-order chi connectivity index (χ0) is 14.8. The highest BCUT2D eigenvalue weighted by Gasteiger charge is 2.43. The highest BCUT2D eigenvalue weighted by molar-refractivity contribution is 5.99. The van der Waals surface area contributed by atoms with Gasteiger partial charge >= 0.3 is 11.9 Å². The number of rotatable bonds is 4. The van der Waals surface area contributed by atoms with Crippen molar-refractivity contribution >= 4 is 22.8 Å². The lowest BCUT2D eigenvalue weighted by Crippen LogP contribution is -2.39. The molecule has 1 unspecified atom stereocenters. The minimum Gasteiger partial charge on any atom is -0.480 e. The van der Waals surface area contributed by atoms with Crippen LogP contribution in [0.2, 0.25) is 0 Å². The van der Waals surface area contributed by atoms with Gasteiger partial charge in [0.2, 0.25) is 0 Å². The molecule has 1 atom stereocenters. The second-order valence-corrected chi connectivity index (χ2v) is 4.80. The third-order valence-electron chi connectivity index (χ3n) is 3.30. The Hall–Kier alpha value is -2.43. The fraction of sp³-hybridized carbons (Fsp3) is 0.267. The molecule has 0 saturated heterocycles. The lowest BCUT2D eigenvalue weighted by Gasteiger charge is -2.21. The van der Waals surface area contributed by atoms with Crippen LogP contribution in [0.1, 0.15) is 12.6 Å². The molecular weight excluding hydrogens is 258 g/mol. The summed E-state index contributed by atoms with van der Waals surface area (Å²) >= 11 is 0. The zero-order valence-electron chi connectivity index (χ0n) is 11.3. The van der Waals surface area contributed by atoms with Crippen LogP contribution in [-0.4, -0.2) is 29.1 Å². The van der Waals surface area contributed by atoms with Crippen LogP contribution in [-0.2, 0) is 20.7 Å². The third kappa shape index (κ3) is 2.47. The summed E-state index contributed by atoms with van der Waals surface area (Å²) in [4.78, 5) is 27.5. The van der Waals surface area contributed by atoms with Crippen LogP contribution in [0.4, 0.5) is 0 Å². The molecule has 1 N–H and O–H groups in total. The zero-order valence-corrected chi connectivity index (χ0v) is 11.3. The monoisotopic (exact) mass is 273 g/mol. The highest BCUT2D eigenvalue weighted by Crippen LogP contribution is 2.25. The van der Waals surface area contributed by atoms with Crippen molar-refractivity contribution in [3.63, 3.8) is 0 Å². The fourth-order valence-corrected chi connectivity index (χ4v) is 2.03. The predicted octanol–water partition coefficient (Wildman–Crippen LogP) is 2.04. The molecule has 0 fully saturated rings. The van der Waals surface area contributed by atoms with E-state index in [1.165, 1.54) is 14.0 Å². The number of carbonyl (C=O) groups excluding carboxylic acids is 1. The van der Waals surface area contributed by atoms with E-state index in [1.807, 2.05) is 30.3 Å². The van der Waals surface area contributed by atoms with Gasteiger partial charge < -0.3 is 9.84 Å². The summed E-state index contributed by atoms with van der Waals surface area (Å²) in [6, 6.07) is 11.1. The Morgan fingerprint density at radius 2 is 1.95 bits per heavy atom. The normalized spacial score (nSPS) is 13.7. The summed E-state index contributed by atoms with van der Waals surface area (Å²) in [5, 5.41) is 10.2. The molecule has 1 aromatic heterocycles. The van der Waals surface area contributed by atoms with E-state index in [-0.39, 0.29) is 6.42 Å². The molecule has 5 nitrogen and oxygen atoms in total. The van der Waals surface area contributed by atoms with Gasteiger partial charge in [0.1, 0.15) is 0 Å². The quantitative estimate of drug-likeness (QED) is 0.681. The topological polar surface area (TPSA) is 76.5 Å². The largest absolute Gasteiger partial charge is 0.480 e. The van der Waals surface area contributed by atoms with E-state index in [4.69, 9.17) is 0 Å². The second kappa shape index (κ2) is 5.28. The summed E-state index contributed by atoms with van der Waals surface area (Å²) in [5.74, 6) is -2.00. The molecule has 0 spiro atoms. The smallest absolute Gasteiger partial charge is 0.323 e. The Morgan fingerprint density at radius 1 is 1.25 bits per heavy atom. The van der Waals surface area contributed by atoms with Gasteiger partial charge in [0.25, 0.3) is 0 Å². The van der Waals surface area contributed by atoms with E-state index in [1.54, 1.807) is 6.07 Å². The van der Waals surface area contributed by atoms with Crippen molar-refractivity contribution < 1.29 is 19.4 Å². The molecule has 20 heavy (non-hydrogen) atoms. The second-order valence-electron chi connectivity index (χ2n) is 4.80. The molecule has 0 aliphatic rings. The summed E-state index contributed by atoms with van der Waals surface area (Å²) in [7, 11) is 1.18. The molecule has 0 aliphatic carbocycles. The van der Waals surface area contributed by atoms with Crippen LogP contribution in [0.25, 0.3) is 10.9 Å². The number of carbonyl (C=O) groups is 2. The Bertz CT molecular complexity index is 668. The van der Waals surface area contributed by atoms with E-state index in [9.17, 15) is 14.7 Å². The van der Waals surface area contributed by atoms with Gasteiger partial charge in [-0.3, -0.25) is 14.6 Å². The molecule has 5 heteroatoms. The molecule has 2 aromatic rings. The van der Waals surface area contributed by atoms with Crippen molar-refractivity contribution in [2.24, 2.45) is 5.41 Å². The minimum atomic E-state index is -1.63. The molecule has 104 valence electrons. The molecule has 2 rings (SSSR count). The van der Waals surface area contributed by atoms with Gasteiger partial charge in [-0.05, 0) is 19.1 Å². The van der Waals surface area contributed by atoms with Crippen LogP contribution in [0.5, 0.6) is 0 Å². The average molecular weight is 273 g/mol. The standard InChI is InChI=1S/C15H15NO4/c1-15(13(17)18,14(19)20-2)9-11-8-7-10-5-3-4-6-12(10)16-11/h3-8H,9H2,1-2H3,(H,17,18). The Morgan fingerprint density at radius 3 is 2.60 bits per heavy atom. The molecule has 0 amide bonds. The Balaban J connectivity index is 2.38. The average Bonchev–Trinajstić information content (AvgIpc) is 2.45. The molecule has 0 bridgehead atoms. The van der Waals surface area contributed by atoms with Gasteiger partial charge in [0, 0.05) is 17.5 Å². The maximum atomic E-state index is 11.7. The van der Waals surface area contributed by atoms with Gasteiger partial charge in [-0.2, -0.15) is 0 Å². The van der Waals surface area contributed by atoms with Crippen molar-refractivity contribution in [2.75, 3.05) is 7.11 Å². The Labute approximate surface area is 116 Å². The number of nitrogens with zero attached hydrogens (tertiary/aromatic N) is 1. The van der Waals surface area contributed by atoms with E-state index in [2.05, 4.69) is 9.72 Å². The fourth-order valence-electron chi connectivity index (χ4n) is 2.03. The molecule has 0 aliphatic heterocycles. The number of carboxylic acid groups (broad SMARTS) is 1. The molecule has 1 aromatic carbocycles. The van der Waals surface area contributed by atoms with Crippen LogP contribution in [0.15, 0.2) is 36.4 Å². The van der Waals surface area contributed by atoms with Crippen LogP contribution in [0.3, 0.4) is 0 Å². The van der Waals surface area contributed by atoms with E-state index >= 15 is 0 Å². The first kappa shape index (κ1) is 14.0. The lowest BCUT2D eigenvalue weighted by atomic mass is 9.85. The van der Waals surface area contributed by atoms with E-state index in [0.717, 1.165) is 10.9 Å². The maximum Gasteiger partial charge on any atom is 0.323 e. The Kier molecular flexibility index (Phi) is 3.70. The first-order valence-electron chi connectivity index (χ1n) is 6.14. The van der Waals surface area contributed by atoms with E-state index in [0.29, 0.717) is 5.69 Å². The van der Waals surface area contributed by atoms with Crippen molar-refractivity contribution in [2.45, 2.75) is 13.3 Å². The molecular formula is C15H15NO4. The number of methoxy groups -OCH3 is 1. The van der Waals surface area contributed by atoms with Gasteiger partial charge in [0.05, 0.1) is 12.6 Å². The summed E-state index contributed by atoms with van der Waals surface area (Å²) < 4.78 is 4.59. The number of ether oxygens (including phenoxy) is 1. The summed E-state index contributed by atoms with van der Waals surface area (Å²) in [5.41, 5.74) is -0.328. The number of fused-ring (bicyclic) bond motifs is 1. The number of hydrogen-bond acceptors (Lipinski definition) is 4. The number of pyridine rings is 1. The van der Waals surface area contributed by atoms with Crippen molar-refractivity contribution in [3.05, 3.63) is 42.1 Å². The molecule has 0 saturated carbocycles. The van der Waals surface area contributed by atoms with E-state index < -0.39 is 17.4 Å². The number of esters is 1. The van der Waals surface area contributed by atoms with Gasteiger partial charge in [-0.25, -0.2) is 0 Å². The number of hydrogen-bond donors (Lipinski definition) is 1. The SMILES string of the molecule is COC(=O)C(C)(Cc1ccc2ccccc2n1)C(=O)O. The predicted molar refractivity (Wildman–Crippen MR) is 73.2 cm³/mol. The van der Waals surface area contributed by atoms with Crippen molar-refractivity contribution in [1.82, 2.24) is 4.98 Å². The number of benzene rings is 1. The number of aromatic nitrogens is 1. The van der Waals surface area contributed by atoms with Gasteiger partial charge in [0.15, 0.2) is 5.41 Å². The first-order chi connectivity index (χ1) is 9.47. The highest BCUT2D eigenvalue weighted by atomic mass is 16.5. The number of aliphatic carboxylic acids is 1. The minimum absolute atomic E-state index is 0.0140. The molecule has 0 radical (unpaired) electrons. The van der Waals surface area contributed by atoms with Crippen LogP contribution < -0.4 is 0 Å². The van der Waals surface area contributed by atoms with Crippen LogP contribution in [0, 0.1) is 5.41 Å². The van der Waals surface area contributed by atoms with Crippen molar-refractivity contribution in [1.29, 1.82) is 0 Å². The van der Waals surface area contributed by atoms with Crippen molar-refractivity contribution in [3.8, 4) is 0 Å². The third-order valence-corrected chi connectivity index (χ3v) is 3.30. The van der Waals surface area contributed by atoms with Crippen LogP contribution >= 0.6 is 0 Å². The lowest BCUT2D eigenvalue weighted by molar-refractivity contribution is -0.165. The van der Waals surface area contributed by atoms with Gasteiger partial charge in [-0.15, -0.1) is 0 Å².